The van der Waals surface area contributed by atoms with Gasteiger partial charge in [-0.3, -0.25) is 0 Å². The van der Waals surface area contributed by atoms with Crippen molar-refractivity contribution >= 4 is 0 Å². The second-order valence-corrected chi connectivity index (χ2v) is 2.41. The summed E-state index contributed by atoms with van der Waals surface area (Å²) in [5, 5.41) is 0. The zero-order valence-corrected chi connectivity index (χ0v) is 5.46. The van der Waals surface area contributed by atoms with Crippen LogP contribution in [0.1, 0.15) is 0 Å². The second kappa shape index (κ2) is 1.53. The molecule has 0 bridgehead atoms. The van der Waals surface area contributed by atoms with Crippen molar-refractivity contribution in [3.63, 3.8) is 0 Å². The Morgan fingerprint density at radius 3 is 2.70 bits per heavy atom. The molecule has 2 nitrogen and oxygen atoms in total. The molecule has 2 aliphatic rings. The molecule has 10 heavy (non-hydrogen) atoms. The predicted molar refractivity (Wildman–Crippen MR) is 40.7 cm³/mol. The number of hydrogen-bond acceptors (Lipinski definition) is 2. The molecule has 0 spiro atoms. The third kappa shape index (κ3) is 0.480. The smallest absolute Gasteiger partial charge is 0.0627 e. The molecule has 0 heterocycles. The first-order valence-corrected chi connectivity index (χ1v) is 3.15. The first-order valence-electron chi connectivity index (χ1n) is 3.15. The summed E-state index contributed by atoms with van der Waals surface area (Å²) in [5.41, 5.74) is 14.8. The van der Waals surface area contributed by atoms with Crippen LogP contribution in [0.3, 0.4) is 0 Å². The van der Waals surface area contributed by atoms with Crippen LogP contribution in [-0.2, 0) is 0 Å². The zero-order chi connectivity index (χ0) is 7.14. The Bertz CT molecular complexity index is 295. The summed E-state index contributed by atoms with van der Waals surface area (Å²) >= 11 is 0. The van der Waals surface area contributed by atoms with Gasteiger partial charge < -0.3 is 11.5 Å². The largest absolute Gasteiger partial charge is 0.397 e. The van der Waals surface area contributed by atoms with Gasteiger partial charge in [0.25, 0.3) is 0 Å². The molecule has 0 amide bonds. The van der Waals surface area contributed by atoms with E-state index in [-0.39, 0.29) is 0 Å². The van der Waals surface area contributed by atoms with Crippen LogP contribution in [0.5, 0.6) is 0 Å². The molecule has 0 fully saturated rings. The van der Waals surface area contributed by atoms with E-state index in [4.69, 9.17) is 11.5 Å². The molecule has 0 aromatic rings. The first-order chi connectivity index (χ1) is 4.79. The average Bonchev–Trinajstić information content (AvgIpc) is 2.41. The topological polar surface area (TPSA) is 52.0 Å². The monoisotopic (exact) mass is 132 g/mol. The molecule has 0 aromatic heterocycles. The van der Waals surface area contributed by atoms with Gasteiger partial charge in [0.2, 0.25) is 0 Å². The van der Waals surface area contributed by atoms with Crippen LogP contribution in [-0.4, -0.2) is 0 Å². The summed E-state index contributed by atoms with van der Waals surface area (Å²) in [4.78, 5) is 0. The van der Waals surface area contributed by atoms with E-state index in [2.05, 4.69) is 0 Å². The molecule has 0 saturated carbocycles. The maximum atomic E-state index is 5.66. The van der Waals surface area contributed by atoms with Crippen molar-refractivity contribution in [2.45, 2.75) is 0 Å². The quantitative estimate of drug-likeness (QED) is 0.505. The van der Waals surface area contributed by atoms with E-state index in [0.717, 1.165) is 11.1 Å². The van der Waals surface area contributed by atoms with Gasteiger partial charge in [0.05, 0.1) is 11.4 Å². The van der Waals surface area contributed by atoms with E-state index in [0.29, 0.717) is 11.4 Å². The highest BCUT2D eigenvalue weighted by Crippen LogP contribution is 2.29. The SMILES string of the molecule is NC1=C(N)C2=CC=CC2=C1. The zero-order valence-electron chi connectivity index (χ0n) is 5.46. The molecule has 4 N–H and O–H groups in total. The Morgan fingerprint density at radius 2 is 2.00 bits per heavy atom. The van der Waals surface area contributed by atoms with Gasteiger partial charge in [0.1, 0.15) is 0 Å². The molecule has 2 rings (SSSR count). The van der Waals surface area contributed by atoms with Crippen molar-refractivity contribution in [2.24, 2.45) is 11.5 Å². The minimum absolute atomic E-state index is 0.686. The van der Waals surface area contributed by atoms with Crippen molar-refractivity contribution in [1.29, 1.82) is 0 Å². The molecule has 0 saturated heterocycles. The van der Waals surface area contributed by atoms with Crippen LogP contribution >= 0.6 is 0 Å². The van der Waals surface area contributed by atoms with Gasteiger partial charge in [-0.2, -0.15) is 0 Å². The molecule has 2 aliphatic carbocycles. The summed E-state index contributed by atoms with van der Waals surface area (Å²) in [6.45, 7) is 0. The van der Waals surface area contributed by atoms with Crippen LogP contribution in [0.4, 0.5) is 0 Å². The van der Waals surface area contributed by atoms with Crippen molar-refractivity contribution in [2.75, 3.05) is 0 Å². The van der Waals surface area contributed by atoms with Crippen molar-refractivity contribution in [3.8, 4) is 0 Å². The highest BCUT2D eigenvalue weighted by atomic mass is 14.7. The number of fused-ring (bicyclic) bond motifs is 1. The minimum atomic E-state index is 0.686. The molecule has 0 aromatic carbocycles. The number of rotatable bonds is 0. The lowest BCUT2D eigenvalue weighted by Gasteiger charge is -1.96. The van der Waals surface area contributed by atoms with Gasteiger partial charge in [0.15, 0.2) is 0 Å². The summed E-state index contributed by atoms with van der Waals surface area (Å²) in [6, 6.07) is 0. The fraction of sp³-hybridized carbons (Fsp3) is 0. The standard InChI is InChI=1S/C8H8N2/c9-7-4-5-2-1-3-6(5)8(7)10/h1-4H,9-10H2. The van der Waals surface area contributed by atoms with Crippen LogP contribution in [0.25, 0.3) is 0 Å². The Labute approximate surface area is 59.2 Å². The number of allylic oxidation sites excluding steroid dienone is 5. The molecule has 0 radical (unpaired) electrons. The van der Waals surface area contributed by atoms with Crippen LogP contribution in [0.15, 0.2) is 46.8 Å². The second-order valence-electron chi connectivity index (χ2n) is 2.41. The number of nitrogens with two attached hydrogens (primary N) is 2. The molecule has 50 valence electrons. The lowest BCUT2D eigenvalue weighted by Crippen LogP contribution is -2.04. The van der Waals surface area contributed by atoms with Gasteiger partial charge in [-0.1, -0.05) is 18.2 Å². The van der Waals surface area contributed by atoms with E-state index in [9.17, 15) is 0 Å². The Morgan fingerprint density at radius 1 is 1.20 bits per heavy atom. The Hall–Kier alpha value is -1.44. The van der Waals surface area contributed by atoms with Gasteiger partial charge in [0, 0.05) is 5.57 Å². The van der Waals surface area contributed by atoms with Gasteiger partial charge in [-0.25, -0.2) is 0 Å². The lowest BCUT2D eigenvalue weighted by atomic mass is 10.2. The van der Waals surface area contributed by atoms with Crippen LogP contribution in [0, 0.1) is 0 Å². The first kappa shape index (κ1) is 5.35. The maximum absolute atomic E-state index is 5.66. The van der Waals surface area contributed by atoms with E-state index < -0.39 is 0 Å². The fourth-order valence-electron chi connectivity index (χ4n) is 1.21. The van der Waals surface area contributed by atoms with Gasteiger partial charge in [-0.15, -0.1) is 0 Å². The third-order valence-corrected chi connectivity index (χ3v) is 1.76. The van der Waals surface area contributed by atoms with Crippen molar-refractivity contribution in [1.82, 2.24) is 0 Å². The normalized spacial score (nSPS) is 21.2. The average molecular weight is 132 g/mol. The predicted octanol–water partition coefficient (Wildman–Crippen LogP) is 0.552. The third-order valence-electron chi connectivity index (χ3n) is 1.76. The summed E-state index contributed by atoms with van der Waals surface area (Å²) in [6.07, 6.45) is 7.84. The van der Waals surface area contributed by atoms with E-state index >= 15 is 0 Å². The van der Waals surface area contributed by atoms with Crippen molar-refractivity contribution in [3.05, 3.63) is 46.8 Å². The molecule has 0 atom stereocenters. The number of hydrogen-bond donors (Lipinski definition) is 2. The molecule has 2 heteroatoms. The summed E-state index contributed by atoms with van der Waals surface area (Å²) in [7, 11) is 0. The highest BCUT2D eigenvalue weighted by Gasteiger charge is 2.17. The van der Waals surface area contributed by atoms with E-state index in [1.54, 1.807) is 0 Å². The Kier molecular flexibility index (Phi) is 0.822. The van der Waals surface area contributed by atoms with Crippen LogP contribution < -0.4 is 11.5 Å². The van der Waals surface area contributed by atoms with Gasteiger partial charge in [-0.05, 0) is 11.6 Å². The van der Waals surface area contributed by atoms with Crippen LogP contribution in [0.2, 0.25) is 0 Å². The summed E-state index contributed by atoms with van der Waals surface area (Å²) < 4.78 is 0. The highest BCUT2D eigenvalue weighted by molar-refractivity contribution is 5.65. The lowest BCUT2D eigenvalue weighted by molar-refractivity contribution is 1.28. The molecule has 0 unspecified atom stereocenters. The molecular formula is C8H8N2. The fourth-order valence-corrected chi connectivity index (χ4v) is 1.21. The molecular weight excluding hydrogens is 124 g/mol. The summed E-state index contributed by atoms with van der Waals surface area (Å²) in [5.74, 6) is 0. The van der Waals surface area contributed by atoms with Gasteiger partial charge >= 0.3 is 0 Å². The molecule has 0 aliphatic heterocycles. The van der Waals surface area contributed by atoms with Crippen molar-refractivity contribution < 1.29 is 0 Å². The Balaban J connectivity index is 2.56. The van der Waals surface area contributed by atoms with E-state index in [1.807, 2.05) is 24.3 Å². The van der Waals surface area contributed by atoms with E-state index in [1.165, 1.54) is 0 Å². The maximum Gasteiger partial charge on any atom is 0.0627 e. The minimum Gasteiger partial charge on any atom is -0.397 e.